The highest BCUT2D eigenvalue weighted by Gasteiger charge is 2.16. The first-order chi connectivity index (χ1) is 11.0. The van der Waals surface area contributed by atoms with Gasteiger partial charge >= 0.3 is 5.97 Å². The second-order valence-electron chi connectivity index (χ2n) is 4.91. The van der Waals surface area contributed by atoms with Gasteiger partial charge in [-0.15, -0.1) is 0 Å². The average Bonchev–Trinajstić information content (AvgIpc) is 2.87. The molecule has 0 aliphatic carbocycles. The van der Waals surface area contributed by atoms with Crippen LogP contribution in [0.3, 0.4) is 0 Å². The van der Waals surface area contributed by atoms with Gasteiger partial charge in [-0.1, -0.05) is 11.8 Å². The van der Waals surface area contributed by atoms with Crippen molar-refractivity contribution < 1.29 is 14.3 Å². The van der Waals surface area contributed by atoms with Gasteiger partial charge in [0.15, 0.2) is 5.16 Å². The van der Waals surface area contributed by atoms with Crippen LogP contribution in [0, 0.1) is 12.7 Å². The summed E-state index contributed by atoms with van der Waals surface area (Å²) in [6.45, 7) is 1.80. The molecule has 0 fully saturated rings. The minimum atomic E-state index is -1.01. The van der Waals surface area contributed by atoms with Crippen molar-refractivity contribution in [2.45, 2.75) is 12.1 Å². The van der Waals surface area contributed by atoms with E-state index < -0.39 is 11.8 Å². The maximum absolute atomic E-state index is 13.1. The summed E-state index contributed by atoms with van der Waals surface area (Å²) in [4.78, 5) is 30.9. The first-order valence-electron chi connectivity index (χ1n) is 6.68. The normalized spacial score (nSPS) is 11.0. The summed E-state index contributed by atoms with van der Waals surface area (Å²) >= 11 is 0.937. The largest absolute Gasteiger partial charge is 0.481 e. The molecule has 0 unspecified atom stereocenters. The Balaban J connectivity index is 2.24. The van der Waals surface area contributed by atoms with Gasteiger partial charge in [-0.3, -0.25) is 14.2 Å². The third-order valence-electron chi connectivity index (χ3n) is 3.17. The SMILES string of the molecule is Cc1cc2nc(SCC(=O)O)n(-c3ccc(F)cc3)c(=O)c2[nH]1. The number of fused-ring (bicyclic) bond motifs is 1. The van der Waals surface area contributed by atoms with Crippen molar-refractivity contribution in [1.29, 1.82) is 0 Å². The number of carbonyl (C=O) groups is 1. The lowest BCUT2D eigenvalue weighted by molar-refractivity contribution is -0.133. The number of aliphatic carboxylic acids is 1. The lowest BCUT2D eigenvalue weighted by atomic mass is 10.3. The monoisotopic (exact) mass is 333 g/mol. The maximum atomic E-state index is 13.1. The van der Waals surface area contributed by atoms with Gasteiger partial charge in [0.2, 0.25) is 0 Å². The fraction of sp³-hybridized carbons (Fsp3) is 0.133. The van der Waals surface area contributed by atoms with Crippen LogP contribution in [0.4, 0.5) is 4.39 Å². The van der Waals surface area contributed by atoms with Crippen LogP contribution in [-0.2, 0) is 4.79 Å². The highest BCUT2D eigenvalue weighted by Crippen LogP contribution is 2.21. The molecule has 2 aromatic heterocycles. The van der Waals surface area contributed by atoms with Gasteiger partial charge in [0.25, 0.3) is 5.56 Å². The van der Waals surface area contributed by atoms with Crippen molar-refractivity contribution in [3.05, 3.63) is 52.2 Å². The lowest BCUT2D eigenvalue weighted by Gasteiger charge is -2.11. The van der Waals surface area contributed by atoms with Crippen molar-refractivity contribution in [3.8, 4) is 5.69 Å². The summed E-state index contributed by atoms with van der Waals surface area (Å²) in [6.07, 6.45) is 0. The highest BCUT2D eigenvalue weighted by molar-refractivity contribution is 7.99. The van der Waals surface area contributed by atoms with E-state index in [9.17, 15) is 14.0 Å². The van der Waals surface area contributed by atoms with E-state index in [1.165, 1.54) is 28.8 Å². The number of rotatable bonds is 4. The smallest absolute Gasteiger partial charge is 0.313 e. The molecule has 2 N–H and O–H groups in total. The first-order valence-corrected chi connectivity index (χ1v) is 7.67. The van der Waals surface area contributed by atoms with Crippen LogP contribution in [-0.4, -0.2) is 31.4 Å². The number of carboxylic acid groups (broad SMARTS) is 1. The number of carboxylic acids is 1. The van der Waals surface area contributed by atoms with Crippen LogP contribution in [0.1, 0.15) is 5.69 Å². The summed E-state index contributed by atoms with van der Waals surface area (Å²) in [6, 6.07) is 7.08. The third-order valence-corrected chi connectivity index (χ3v) is 4.09. The summed E-state index contributed by atoms with van der Waals surface area (Å²) in [5.41, 5.74) is 1.63. The predicted molar refractivity (Wildman–Crippen MR) is 84.7 cm³/mol. The number of nitrogens with one attached hydrogen (secondary N) is 1. The molecular weight excluding hydrogens is 321 g/mol. The molecule has 2 heterocycles. The maximum Gasteiger partial charge on any atom is 0.313 e. The van der Waals surface area contributed by atoms with E-state index in [1.807, 2.05) is 0 Å². The Morgan fingerprint density at radius 3 is 2.74 bits per heavy atom. The van der Waals surface area contributed by atoms with Gasteiger partial charge < -0.3 is 10.1 Å². The Bertz CT molecular complexity index is 947. The van der Waals surface area contributed by atoms with Crippen LogP contribution < -0.4 is 5.56 Å². The molecule has 0 spiro atoms. The van der Waals surface area contributed by atoms with E-state index in [4.69, 9.17) is 5.11 Å². The second kappa shape index (κ2) is 5.88. The van der Waals surface area contributed by atoms with Gasteiger partial charge in [-0.2, -0.15) is 0 Å². The van der Waals surface area contributed by atoms with Crippen molar-refractivity contribution >= 4 is 28.8 Å². The number of H-pyrrole nitrogens is 1. The van der Waals surface area contributed by atoms with Gasteiger partial charge in [0.1, 0.15) is 11.3 Å². The summed E-state index contributed by atoms with van der Waals surface area (Å²) in [7, 11) is 0. The average molecular weight is 333 g/mol. The van der Waals surface area contributed by atoms with E-state index in [1.54, 1.807) is 13.0 Å². The molecule has 0 saturated heterocycles. The number of aryl methyl sites for hydroxylation is 1. The van der Waals surface area contributed by atoms with E-state index in [2.05, 4.69) is 9.97 Å². The summed E-state index contributed by atoms with van der Waals surface area (Å²) in [5, 5.41) is 9.11. The minimum Gasteiger partial charge on any atom is -0.481 e. The summed E-state index contributed by atoms with van der Waals surface area (Å²) < 4.78 is 14.4. The predicted octanol–water partition coefficient (Wildman–Crippen LogP) is 2.34. The highest BCUT2D eigenvalue weighted by atomic mass is 32.2. The topological polar surface area (TPSA) is 88.0 Å². The number of aromatic amines is 1. The van der Waals surface area contributed by atoms with E-state index in [0.29, 0.717) is 16.7 Å². The van der Waals surface area contributed by atoms with Crippen LogP contribution in [0.2, 0.25) is 0 Å². The Morgan fingerprint density at radius 1 is 1.39 bits per heavy atom. The molecule has 3 rings (SSSR count). The number of halogens is 1. The Kier molecular flexibility index (Phi) is 3.91. The van der Waals surface area contributed by atoms with Crippen molar-refractivity contribution in [2.75, 3.05) is 5.75 Å². The lowest BCUT2D eigenvalue weighted by Crippen LogP contribution is -2.22. The number of aromatic nitrogens is 3. The summed E-state index contributed by atoms with van der Waals surface area (Å²) in [5.74, 6) is -1.67. The standard InChI is InChI=1S/C15H12FN3O3S/c1-8-6-11-13(17-8)14(22)19(10-4-2-9(16)3-5-10)15(18-11)23-7-12(20)21/h2-6,17H,7H2,1H3,(H,20,21). The Morgan fingerprint density at radius 2 is 2.09 bits per heavy atom. The zero-order valence-electron chi connectivity index (χ0n) is 12.0. The van der Waals surface area contributed by atoms with Crippen LogP contribution in [0.5, 0.6) is 0 Å². The molecule has 8 heteroatoms. The van der Waals surface area contributed by atoms with Gasteiger partial charge in [-0.05, 0) is 37.3 Å². The number of benzene rings is 1. The van der Waals surface area contributed by atoms with Crippen molar-refractivity contribution in [1.82, 2.24) is 14.5 Å². The molecule has 0 amide bonds. The third kappa shape index (κ3) is 2.98. The van der Waals surface area contributed by atoms with Crippen LogP contribution >= 0.6 is 11.8 Å². The molecule has 23 heavy (non-hydrogen) atoms. The number of nitrogens with zero attached hydrogens (tertiary/aromatic N) is 2. The van der Waals surface area contributed by atoms with Crippen molar-refractivity contribution in [2.24, 2.45) is 0 Å². The molecular formula is C15H12FN3O3S. The molecule has 0 radical (unpaired) electrons. The Labute approximate surface area is 134 Å². The quantitative estimate of drug-likeness (QED) is 0.565. The van der Waals surface area contributed by atoms with E-state index >= 15 is 0 Å². The molecule has 6 nitrogen and oxygen atoms in total. The molecule has 0 atom stereocenters. The molecule has 3 aromatic rings. The minimum absolute atomic E-state index is 0.234. The number of hydrogen-bond donors (Lipinski definition) is 2. The van der Waals surface area contributed by atoms with E-state index in [-0.39, 0.29) is 16.5 Å². The molecule has 118 valence electrons. The fourth-order valence-electron chi connectivity index (χ4n) is 2.22. The molecule has 1 aromatic carbocycles. The Hall–Kier alpha value is -2.61. The zero-order valence-corrected chi connectivity index (χ0v) is 12.9. The first kappa shape index (κ1) is 15.3. The molecule has 0 aliphatic rings. The molecule has 0 saturated carbocycles. The molecule has 0 aliphatic heterocycles. The molecule has 0 bridgehead atoms. The number of hydrogen-bond acceptors (Lipinski definition) is 4. The van der Waals surface area contributed by atoms with Gasteiger partial charge in [0.05, 0.1) is 17.0 Å². The van der Waals surface area contributed by atoms with Crippen LogP contribution in [0.15, 0.2) is 40.3 Å². The fourth-order valence-corrected chi connectivity index (χ4v) is 2.95. The van der Waals surface area contributed by atoms with Gasteiger partial charge in [-0.25, -0.2) is 9.37 Å². The van der Waals surface area contributed by atoms with Gasteiger partial charge in [0, 0.05) is 5.69 Å². The van der Waals surface area contributed by atoms with Crippen molar-refractivity contribution in [3.63, 3.8) is 0 Å². The van der Waals surface area contributed by atoms with E-state index in [0.717, 1.165) is 17.5 Å². The zero-order chi connectivity index (χ0) is 16.6. The second-order valence-corrected chi connectivity index (χ2v) is 5.85. The van der Waals surface area contributed by atoms with Crippen LogP contribution in [0.25, 0.3) is 16.7 Å². The number of thioether (sulfide) groups is 1.